The first-order chi connectivity index (χ1) is 12.6. The predicted molar refractivity (Wildman–Crippen MR) is 105 cm³/mol. The Balaban J connectivity index is 1.80. The van der Waals surface area contributed by atoms with Gasteiger partial charge in [0.05, 0.1) is 10.9 Å². The van der Waals surface area contributed by atoms with Crippen molar-refractivity contribution in [3.05, 3.63) is 46.6 Å². The minimum Gasteiger partial charge on any atom is -0.492 e. The topological polar surface area (TPSA) is 53.7 Å². The van der Waals surface area contributed by atoms with Crippen molar-refractivity contribution in [2.45, 2.75) is 39.7 Å². The van der Waals surface area contributed by atoms with E-state index in [1.807, 2.05) is 13.0 Å². The van der Waals surface area contributed by atoms with E-state index in [0.717, 1.165) is 35.2 Å². The van der Waals surface area contributed by atoms with Gasteiger partial charge in [0.15, 0.2) is 5.82 Å². The van der Waals surface area contributed by atoms with E-state index >= 15 is 0 Å². The van der Waals surface area contributed by atoms with E-state index in [2.05, 4.69) is 53.1 Å². The van der Waals surface area contributed by atoms with Gasteiger partial charge in [0, 0.05) is 19.5 Å². The van der Waals surface area contributed by atoms with Gasteiger partial charge in [-0.05, 0) is 23.8 Å². The first kappa shape index (κ1) is 17.5. The summed E-state index contributed by atoms with van der Waals surface area (Å²) < 4.78 is 1.60. The van der Waals surface area contributed by atoms with Crippen LogP contribution in [0.2, 0.25) is 0 Å². The summed E-state index contributed by atoms with van der Waals surface area (Å²) in [6.07, 6.45) is 2.03. The van der Waals surface area contributed by atoms with Crippen LogP contribution in [0.5, 0.6) is 5.88 Å². The molecule has 2 aromatic heterocycles. The molecule has 138 valence electrons. The van der Waals surface area contributed by atoms with Crippen LogP contribution in [0, 0.1) is 11.8 Å². The molecule has 5 nitrogen and oxygen atoms in total. The van der Waals surface area contributed by atoms with Gasteiger partial charge in [-0.1, -0.05) is 62.4 Å². The van der Waals surface area contributed by atoms with Crippen LogP contribution in [-0.2, 0) is 6.42 Å². The van der Waals surface area contributed by atoms with E-state index in [1.165, 1.54) is 12.0 Å². The molecule has 6 heteroatoms. The Morgan fingerprint density at radius 3 is 2.50 bits per heavy atom. The van der Waals surface area contributed by atoms with Crippen LogP contribution in [0.3, 0.4) is 0 Å². The van der Waals surface area contributed by atoms with Gasteiger partial charge in [0.25, 0.3) is 0 Å². The standard InChI is InChI=1S/C20H26N4OS/c1-4-16-21-20-24(22-16)19(25)18(26-20)17(15-8-6-5-7-9-15)23-11-13(2)10-14(3)12-23/h5-9,13-14,17,25H,4,10-12H2,1-3H3/t13-,14-,17+/m0/s1. The second kappa shape index (κ2) is 7.00. The van der Waals surface area contributed by atoms with E-state index < -0.39 is 0 Å². The number of thiazole rings is 1. The monoisotopic (exact) mass is 370 g/mol. The van der Waals surface area contributed by atoms with Gasteiger partial charge >= 0.3 is 0 Å². The maximum Gasteiger partial charge on any atom is 0.230 e. The van der Waals surface area contributed by atoms with Crippen LogP contribution in [0.4, 0.5) is 0 Å². The molecule has 0 radical (unpaired) electrons. The average molecular weight is 371 g/mol. The molecule has 3 heterocycles. The molecule has 4 rings (SSSR count). The fourth-order valence-corrected chi connectivity index (χ4v) is 5.34. The molecule has 1 aromatic carbocycles. The van der Waals surface area contributed by atoms with Crippen molar-refractivity contribution in [2.24, 2.45) is 11.8 Å². The lowest BCUT2D eigenvalue weighted by atomic mass is 9.89. The van der Waals surface area contributed by atoms with Crippen LogP contribution in [0.25, 0.3) is 4.96 Å². The zero-order valence-corrected chi connectivity index (χ0v) is 16.4. The molecule has 26 heavy (non-hydrogen) atoms. The fourth-order valence-electron chi connectivity index (χ4n) is 4.20. The minimum atomic E-state index is 0.0416. The first-order valence-electron chi connectivity index (χ1n) is 9.43. The van der Waals surface area contributed by atoms with Crippen molar-refractivity contribution >= 4 is 16.3 Å². The van der Waals surface area contributed by atoms with Gasteiger partial charge in [-0.2, -0.15) is 4.52 Å². The molecule has 0 unspecified atom stereocenters. The zero-order valence-electron chi connectivity index (χ0n) is 15.6. The van der Waals surface area contributed by atoms with Crippen molar-refractivity contribution in [3.8, 4) is 5.88 Å². The summed E-state index contributed by atoms with van der Waals surface area (Å²) in [5.41, 5.74) is 1.21. The fraction of sp³-hybridized carbons (Fsp3) is 0.500. The molecule has 1 fully saturated rings. The maximum absolute atomic E-state index is 10.9. The minimum absolute atomic E-state index is 0.0416. The largest absolute Gasteiger partial charge is 0.492 e. The number of piperidine rings is 1. The van der Waals surface area contributed by atoms with E-state index in [1.54, 1.807) is 15.9 Å². The molecule has 1 aliphatic heterocycles. The Labute approximate surface area is 158 Å². The van der Waals surface area contributed by atoms with Gasteiger partial charge < -0.3 is 5.11 Å². The third-order valence-corrected chi connectivity index (χ3v) is 6.26. The molecule has 0 aliphatic carbocycles. The SMILES string of the molecule is CCc1nc2sc([C@@H](c3ccccc3)N3C[C@@H](C)C[C@H](C)C3)c(O)n2n1. The number of aromatic nitrogens is 3. The van der Waals surface area contributed by atoms with Crippen LogP contribution in [-0.4, -0.2) is 37.7 Å². The van der Waals surface area contributed by atoms with Crippen molar-refractivity contribution < 1.29 is 5.11 Å². The number of hydrogen-bond donors (Lipinski definition) is 1. The molecule has 0 spiro atoms. The summed E-state index contributed by atoms with van der Waals surface area (Å²) in [5.74, 6) is 2.31. The molecule has 3 aromatic rings. The second-order valence-corrected chi connectivity index (χ2v) is 8.59. The number of aromatic hydroxyl groups is 1. The molecular formula is C20H26N4OS. The lowest BCUT2D eigenvalue weighted by Crippen LogP contribution is -2.41. The highest BCUT2D eigenvalue weighted by Gasteiger charge is 2.33. The predicted octanol–water partition coefficient (Wildman–Crippen LogP) is 4.13. The summed E-state index contributed by atoms with van der Waals surface area (Å²) in [6, 6.07) is 10.5. The van der Waals surface area contributed by atoms with E-state index in [-0.39, 0.29) is 11.9 Å². The lowest BCUT2D eigenvalue weighted by Gasteiger charge is -2.40. The zero-order chi connectivity index (χ0) is 18.3. The van der Waals surface area contributed by atoms with Crippen molar-refractivity contribution in [1.82, 2.24) is 19.5 Å². The van der Waals surface area contributed by atoms with Crippen LogP contribution < -0.4 is 0 Å². The summed E-state index contributed by atoms with van der Waals surface area (Å²) in [5, 5.41) is 15.4. The highest BCUT2D eigenvalue weighted by Crippen LogP contribution is 2.41. The maximum atomic E-state index is 10.9. The quantitative estimate of drug-likeness (QED) is 0.750. The molecule has 0 amide bonds. The highest BCUT2D eigenvalue weighted by molar-refractivity contribution is 7.17. The van der Waals surface area contributed by atoms with Gasteiger partial charge in [0.2, 0.25) is 10.8 Å². The molecule has 1 N–H and O–H groups in total. The molecular weight excluding hydrogens is 344 g/mol. The van der Waals surface area contributed by atoms with Gasteiger partial charge in [-0.25, -0.2) is 4.98 Å². The smallest absolute Gasteiger partial charge is 0.230 e. The normalized spacial score (nSPS) is 22.7. The van der Waals surface area contributed by atoms with Crippen molar-refractivity contribution in [1.29, 1.82) is 0 Å². The Hall–Kier alpha value is -1.92. The lowest BCUT2D eigenvalue weighted by molar-refractivity contribution is 0.112. The molecule has 3 atom stereocenters. The van der Waals surface area contributed by atoms with E-state index in [9.17, 15) is 5.11 Å². The third kappa shape index (κ3) is 3.12. The van der Waals surface area contributed by atoms with Crippen molar-refractivity contribution in [3.63, 3.8) is 0 Å². The van der Waals surface area contributed by atoms with Crippen molar-refractivity contribution in [2.75, 3.05) is 13.1 Å². The van der Waals surface area contributed by atoms with E-state index in [4.69, 9.17) is 0 Å². The van der Waals surface area contributed by atoms with Crippen LogP contribution >= 0.6 is 11.3 Å². The first-order valence-corrected chi connectivity index (χ1v) is 10.2. The molecule has 1 saturated heterocycles. The number of nitrogens with zero attached hydrogens (tertiary/aromatic N) is 4. The summed E-state index contributed by atoms with van der Waals surface area (Å²) in [7, 11) is 0. The number of aryl methyl sites for hydroxylation is 1. The second-order valence-electron chi connectivity index (χ2n) is 7.58. The summed E-state index contributed by atoms with van der Waals surface area (Å²) in [6.45, 7) is 8.75. The molecule has 0 saturated carbocycles. The molecule has 1 aliphatic rings. The average Bonchev–Trinajstić information content (AvgIpc) is 3.15. The Bertz CT molecular complexity index is 878. The number of benzene rings is 1. The summed E-state index contributed by atoms with van der Waals surface area (Å²) >= 11 is 1.56. The summed E-state index contributed by atoms with van der Waals surface area (Å²) in [4.78, 5) is 8.78. The number of rotatable bonds is 4. The third-order valence-electron chi connectivity index (χ3n) is 5.19. The Morgan fingerprint density at radius 2 is 1.88 bits per heavy atom. The van der Waals surface area contributed by atoms with Gasteiger partial charge in [-0.15, -0.1) is 5.10 Å². The molecule has 0 bridgehead atoms. The van der Waals surface area contributed by atoms with Crippen LogP contribution in [0.1, 0.15) is 49.5 Å². The number of likely N-dealkylation sites (tertiary alicyclic amines) is 1. The van der Waals surface area contributed by atoms with Crippen LogP contribution in [0.15, 0.2) is 30.3 Å². The number of hydrogen-bond acceptors (Lipinski definition) is 5. The van der Waals surface area contributed by atoms with Gasteiger partial charge in [0.1, 0.15) is 0 Å². The van der Waals surface area contributed by atoms with E-state index in [0.29, 0.717) is 11.8 Å². The van der Waals surface area contributed by atoms with Gasteiger partial charge in [-0.3, -0.25) is 4.90 Å². The Kier molecular flexibility index (Phi) is 4.71. The number of fused-ring (bicyclic) bond motifs is 1. The Morgan fingerprint density at radius 1 is 1.19 bits per heavy atom. The highest BCUT2D eigenvalue weighted by atomic mass is 32.1.